The van der Waals surface area contributed by atoms with Crippen molar-refractivity contribution in [1.29, 1.82) is 0 Å². The average molecular weight is 889 g/mol. The second-order valence-corrected chi connectivity index (χ2v) is 16.2. The molecule has 5 aromatic rings. The minimum atomic E-state index is -4.83. The van der Waals surface area contributed by atoms with E-state index in [0.717, 1.165) is 70.2 Å². The summed E-state index contributed by atoms with van der Waals surface area (Å²) in [5.41, 5.74) is 5.36. The second-order valence-electron chi connectivity index (χ2n) is 15.8. The number of anilines is 3. The number of carbonyl (C=O) groups is 3. The van der Waals surface area contributed by atoms with Crippen molar-refractivity contribution in [2.45, 2.75) is 51.1 Å². The first kappa shape index (κ1) is 44.4. The van der Waals surface area contributed by atoms with E-state index in [9.17, 15) is 37.7 Å². The maximum atomic E-state index is 13.6. The third-order valence-electron chi connectivity index (χ3n) is 11.9. The number of alkyl halides is 3. The zero-order valence-corrected chi connectivity index (χ0v) is 34.7. The van der Waals surface area contributed by atoms with Crippen molar-refractivity contribution < 1.29 is 36.9 Å². The number of nitrogens with one attached hydrogen (secondary N) is 2. The van der Waals surface area contributed by atoms with Crippen molar-refractivity contribution in [2.75, 3.05) is 54.8 Å². The maximum Gasteiger partial charge on any atom is 0.437 e. The van der Waals surface area contributed by atoms with Crippen molar-refractivity contribution in [3.8, 4) is 11.5 Å². The number of oxazole rings is 1. The number of nitro groups is 1. The number of rotatable bonds is 7. The smallest absolute Gasteiger partial charge is 0.432 e. The summed E-state index contributed by atoms with van der Waals surface area (Å²) in [5, 5.41) is 16.2. The molecule has 4 fully saturated rings. The fourth-order valence-corrected chi connectivity index (χ4v) is 8.27. The number of hydrogen-bond donors (Lipinski definition) is 3. The van der Waals surface area contributed by atoms with E-state index < -0.39 is 28.3 Å². The number of halogens is 4. The highest BCUT2D eigenvalue weighted by Gasteiger charge is 2.46. The van der Waals surface area contributed by atoms with Crippen LogP contribution in [-0.2, 0) is 22.2 Å². The van der Waals surface area contributed by atoms with Gasteiger partial charge in [-0.15, -0.1) is 0 Å². The van der Waals surface area contributed by atoms with Gasteiger partial charge in [0.1, 0.15) is 23.0 Å². The molecule has 20 heteroatoms. The predicted octanol–water partition coefficient (Wildman–Crippen LogP) is 6.70. The van der Waals surface area contributed by atoms with Crippen molar-refractivity contribution in [2.24, 2.45) is 10.8 Å². The summed E-state index contributed by atoms with van der Waals surface area (Å²) in [4.78, 5) is 66.5. The lowest BCUT2D eigenvalue weighted by Gasteiger charge is -2.37. The number of nitrogens with two attached hydrogens (primary N) is 1. The van der Waals surface area contributed by atoms with E-state index in [0.29, 0.717) is 42.3 Å². The Bertz CT molecular complexity index is 2400. The van der Waals surface area contributed by atoms with Crippen LogP contribution in [0.15, 0.2) is 89.7 Å². The lowest BCUT2D eigenvalue weighted by Crippen LogP contribution is -2.44. The summed E-state index contributed by atoms with van der Waals surface area (Å²) in [5.74, 6) is 0.139. The minimum absolute atomic E-state index is 0.0515. The molecule has 4 aromatic heterocycles. The van der Waals surface area contributed by atoms with Gasteiger partial charge in [0.05, 0.1) is 27.6 Å². The molecule has 8 heterocycles. The topological polar surface area (TPSA) is 216 Å². The standard InChI is InChI=1S/C25H23F3N4O3.C13H18N4O.C5H3ClN2O2/c26-25(27,28)21-20(35-22(31-21)17-4-2-1-3-5-17)18(33)14-16-6-7-19(30-15-16)32-12-9-24(10-13-32)8-11-29-23(24)34;14-10-1-2-11(16-9-10)17-7-4-13(5-8-17)3-6-15-12(13)18;6-5-2-1-4(3-7-5)8(9)10/h1-7,15H,8-14H2,(H,29,34);1-2,9H,3-8,14H2,(H,15,18);1-3H. The van der Waals surface area contributed by atoms with Crippen molar-refractivity contribution in [3.05, 3.63) is 118 Å². The first-order valence-electron chi connectivity index (χ1n) is 20.3. The van der Waals surface area contributed by atoms with Gasteiger partial charge in [0.2, 0.25) is 29.2 Å². The normalized spacial score (nSPS) is 17.6. The van der Waals surface area contributed by atoms with E-state index in [1.807, 2.05) is 12.1 Å². The Morgan fingerprint density at radius 2 is 1.37 bits per heavy atom. The molecule has 0 atom stereocenters. The molecule has 16 nitrogen and oxygen atoms in total. The highest BCUT2D eigenvalue weighted by molar-refractivity contribution is 6.29. The van der Waals surface area contributed by atoms with Gasteiger partial charge >= 0.3 is 6.18 Å². The summed E-state index contributed by atoms with van der Waals surface area (Å²) in [6, 6.07) is 18.0. The number of aromatic nitrogens is 4. The molecule has 0 saturated carbocycles. The Morgan fingerprint density at radius 3 is 1.81 bits per heavy atom. The summed E-state index contributed by atoms with van der Waals surface area (Å²) >= 11 is 5.38. The fraction of sp³-hybridized carbons (Fsp3) is 0.372. The number of pyridine rings is 3. The fourth-order valence-electron chi connectivity index (χ4n) is 8.15. The molecule has 9 rings (SSSR count). The Balaban J connectivity index is 0.000000175. The number of benzene rings is 1. The molecule has 4 saturated heterocycles. The van der Waals surface area contributed by atoms with Crippen molar-refractivity contribution in [1.82, 2.24) is 30.6 Å². The zero-order valence-electron chi connectivity index (χ0n) is 33.9. The molecule has 1 aromatic carbocycles. The number of ketones is 1. The first-order chi connectivity index (χ1) is 30.1. The summed E-state index contributed by atoms with van der Waals surface area (Å²) in [7, 11) is 0. The lowest BCUT2D eigenvalue weighted by atomic mass is 9.77. The molecular formula is C43H44ClF3N10O6. The first-order valence-corrected chi connectivity index (χ1v) is 20.7. The average Bonchev–Trinajstić information content (AvgIpc) is 4.00. The molecule has 0 radical (unpaired) electrons. The van der Waals surface area contributed by atoms with Gasteiger partial charge in [0.25, 0.3) is 5.69 Å². The van der Waals surface area contributed by atoms with E-state index >= 15 is 0 Å². The number of hydrogen-bond acceptors (Lipinski definition) is 13. The van der Waals surface area contributed by atoms with Gasteiger partial charge in [0.15, 0.2) is 5.69 Å². The van der Waals surface area contributed by atoms with Gasteiger partial charge in [-0.2, -0.15) is 13.2 Å². The molecular weight excluding hydrogens is 845 g/mol. The van der Waals surface area contributed by atoms with Crippen molar-refractivity contribution in [3.63, 3.8) is 0 Å². The number of piperidine rings is 2. The SMILES string of the molecule is Nc1ccc(N2CCC3(CCNC3=O)CC2)nc1.O=C(Cc1ccc(N2CCC3(CCNC3=O)CC2)nc1)c1oc(-c2ccccc2)nc1C(F)(F)F.O=[N+]([O-])c1ccc(Cl)nc1. The van der Waals surface area contributed by atoms with Gasteiger partial charge in [-0.3, -0.25) is 24.5 Å². The summed E-state index contributed by atoms with van der Waals surface area (Å²) in [6.07, 6.45) is 4.32. The van der Waals surface area contributed by atoms with E-state index in [4.69, 9.17) is 21.8 Å². The highest BCUT2D eigenvalue weighted by Crippen LogP contribution is 2.40. The van der Waals surface area contributed by atoms with E-state index in [1.54, 1.807) is 48.7 Å². The molecule has 2 amide bonds. The number of nitrogens with zero attached hydrogens (tertiary/aromatic N) is 7. The third-order valence-corrected chi connectivity index (χ3v) is 12.1. The van der Waals surface area contributed by atoms with Crippen LogP contribution in [-0.4, -0.2) is 81.7 Å². The van der Waals surface area contributed by atoms with Gasteiger partial charge in [-0.1, -0.05) is 35.9 Å². The molecule has 4 aliphatic heterocycles. The van der Waals surface area contributed by atoms with Crippen LogP contribution in [0, 0.1) is 20.9 Å². The Hall–Kier alpha value is -6.63. The number of nitrogen functional groups attached to an aromatic ring is 1. The summed E-state index contributed by atoms with van der Waals surface area (Å²) in [6.45, 7) is 4.71. The number of Topliss-reactive ketones (excluding diaryl/α,β-unsaturated/α-hetero) is 1. The van der Waals surface area contributed by atoms with E-state index in [-0.39, 0.29) is 45.8 Å². The van der Waals surface area contributed by atoms with Gasteiger partial charge < -0.3 is 30.6 Å². The van der Waals surface area contributed by atoms with Crippen LogP contribution in [0.4, 0.5) is 36.2 Å². The third kappa shape index (κ3) is 10.4. The number of carbonyl (C=O) groups excluding carboxylic acids is 3. The van der Waals surface area contributed by atoms with Crippen LogP contribution in [0.25, 0.3) is 11.5 Å². The zero-order chi connectivity index (χ0) is 44.8. The highest BCUT2D eigenvalue weighted by atomic mass is 35.5. The number of amides is 2. The van der Waals surface area contributed by atoms with Crippen LogP contribution in [0.2, 0.25) is 5.15 Å². The van der Waals surface area contributed by atoms with Gasteiger partial charge in [0, 0.05) is 63.5 Å². The lowest BCUT2D eigenvalue weighted by molar-refractivity contribution is -0.385. The van der Waals surface area contributed by atoms with Crippen LogP contribution in [0.1, 0.15) is 60.3 Å². The molecule has 63 heavy (non-hydrogen) atoms. The molecule has 2 spiro atoms. The van der Waals surface area contributed by atoms with Crippen LogP contribution < -0.4 is 26.2 Å². The molecule has 0 bridgehead atoms. The van der Waals surface area contributed by atoms with Crippen LogP contribution in [0.5, 0.6) is 0 Å². The van der Waals surface area contributed by atoms with Gasteiger partial charge in [-0.25, -0.2) is 19.9 Å². The molecule has 4 N–H and O–H groups in total. The van der Waals surface area contributed by atoms with E-state index in [1.165, 1.54) is 18.3 Å². The Morgan fingerprint density at radius 1 is 0.794 bits per heavy atom. The second kappa shape index (κ2) is 18.8. The summed E-state index contributed by atoms with van der Waals surface area (Å²) < 4.78 is 45.9. The van der Waals surface area contributed by atoms with Crippen LogP contribution >= 0.6 is 11.6 Å². The Kier molecular flexibility index (Phi) is 13.2. The Labute approximate surface area is 364 Å². The minimum Gasteiger partial charge on any atom is -0.432 e. The maximum absolute atomic E-state index is 13.6. The monoisotopic (exact) mass is 888 g/mol. The molecule has 0 unspecified atom stereocenters. The van der Waals surface area contributed by atoms with Gasteiger partial charge in [-0.05, 0) is 80.5 Å². The quantitative estimate of drug-likeness (QED) is 0.0672. The molecule has 4 aliphatic rings. The molecule has 0 aliphatic carbocycles. The molecule has 330 valence electrons. The van der Waals surface area contributed by atoms with E-state index in [2.05, 4.69) is 40.4 Å². The largest absolute Gasteiger partial charge is 0.437 e. The van der Waals surface area contributed by atoms with Crippen molar-refractivity contribution >= 4 is 52.2 Å². The van der Waals surface area contributed by atoms with Crippen LogP contribution in [0.3, 0.4) is 0 Å². The predicted molar refractivity (Wildman–Crippen MR) is 227 cm³/mol.